The molecular formula is C20H25N3O4S. The Balaban J connectivity index is 1.53. The molecule has 0 spiro atoms. The first-order chi connectivity index (χ1) is 13.3. The second-order valence-corrected chi connectivity index (χ2v) is 9.37. The third-order valence-electron chi connectivity index (χ3n) is 5.31. The molecule has 0 saturated heterocycles. The van der Waals surface area contributed by atoms with Gasteiger partial charge in [-0.1, -0.05) is 6.07 Å². The lowest BCUT2D eigenvalue weighted by atomic mass is 9.99. The van der Waals surface area contributed by atoms with Gasteiger partial charge in [-0.05, 0) is 87.0 Å². The number of furan rings is 1. The first-order valence-electron chi connectivity index (χ1n) is 9.57. The van der Waals surface area contributed by atoms with E-state index in [1.54, 1.807) is 6.07 Å². The molecule has 1 heterocycles. The Morgan fingerprint density at radius 3 is 2.32 bits per heavy atom. The molecule has 0 atom stereocenters. The predicted molar refractivity (Wildman–Crippen MR) is 106 cm³/mol. The number of nitrogens with zero attached hydrogens (tertiary/aromatic N) is 1. The summed E-state index contributed by atoms with van der Waals surface area (Å²) in [4.78, 5) is 14.4. The van der Waals surface area contributed by atoms with Crippen LogP contribution in [0.1, 0.15) is 40.9 Å². The number of anilines is 1. The molecule has 0 aliphatic heterocycles. The minimum absolute atomic E-state index is 0.261. The molecule has 1 aromatic heterocycles. The summed E-state index contributed by atoms with van der Waals surface area (Å²) in [5.41, 5.74) is 5.67. The highest BCUT2D eigenvalue weighted by molar-refractivity contribution is 7.89. The molecule has 0 fully saturated rings. The quantitative estimate of drug-likeness (QED) is 0.801. The van der Waals surface area contributed by atoms with Crippen LogP contribution < -0.4 is 10.0 Å². The Morgan fingerprint density at radius 1 is 1.07 bits per heavy atom. The maximum atomic E-state index is 12.5. The molecule has 150 valence electrons. The highest BCUT2D eigenvalue weighted by Crippen LogP contribution is 2.38. The van der Waals surface area contributed by atoms with Gasteiger partial charge in [0.15, 0.2) is 0 Å². The van der Waals surface area contributed by atoms with Crippen molar-refractivity contribution in [2.24, 2.45) is 0 Å². The number of nitrogens with one attached hydrogen (secondary N) is 2. The van der Waals surface area contributed by atoms with Gasteiger partial charge in [-0.3, -0.25) is 0 Å². The average molecular weight is 404 g/mol. The van der Waals surface area contributed by atoms with Gasteiger partial charge in [0.05, 0.1) is 6.54 Å². The Hall–Kier alpha value is -2.32. The summed E-state index contributed by atoms with van der Waals surface area (Å²) in [7, 11) is -0.349. The lowest BCUT2D eigenvalue weighted by Gasteiger charge is -2.16. The smallest absolute Gasteiger partial charge is 0.333 e. The van der Waals surface area contributed by atoms with E-state index in [9.17, 15) is 13.2 Å². The van der Waals surface area contributed by atoms with Crippen molar-refractivity contribution in [3.05, 3.63) is 46.2 Å². The lowest BCUT2D eigenvalue weighted by molar-refractivity contribution is 0.256. The fourth-order valence-electron chi connectivity index (χ4n) is 4.18. The molecule has 0 unspecified atom stereocenters. The molecule has 1 aromatic carbocycles. The van der Waals surface area contributed by atoms with Gasteiger partial charge in [0.1, 0.15) is 5.76 Å². The molecule has 7 nitrogen and oxygen atoms in total. The van der Waals surface area contributed by atoms with Gasteiger partial charge in [-0.25, -0.2) is 9.52 Å². The molecule has 2 aliphatic carbocycles. The van der Waals surface area contributed by atoms with Crippen molar-refractivity contribution in [3.8, 4) is 0 Å². The Labute approximate surface area is 165 Å². The lowest BCUT2D eigenvalue weighted by Crippen LogP contribution is -2.34. The second kappa shape index (κ2) is 7.25. The van der Waals surface area contributed by atoms with E-state index in [2.05, 4.69) is 16.1 Å². The summed E-state index contributed by atoms with van der Waals surface area (Å²) in [5, 5.41) is 2.57. The van der Waals surface area contributed by atoms with Gasteiger partial charge in [-0.2, -0.15) is 8.42 Å². The first kappa shape index (κ1) is 19.0. The highest BCUT2D eigenvalue weighted by atomic mass is 32.2. The van der Waals surface area contributed by atoms with E-state index in [0.717, 1.165) is 55.3 Å². The molecule has 2 aromatic rings. The predicted octanol–water partition coefficient (Wildman–Crippen LogP) is 2.83. The number of sulfonamides is 1. The van der Waals surface area contributed by atoms with Gasteiger partial charge in [0, 0.05) is 5.69 Å². The van der Waals surface area contributed by atoms with E-state index >= 15 is 0 Å². The van der Waals surface area contributed by atoms with Crippen LogP contribution in [0.15, 0.2) is 27.7 Å². The summed E-state index contributed by atoms with van der Waals surface area (Å²) in [6.45, 7) is 0.476. The SMILES string of the molecule is CN(C)Cc1ccc(S(=O)(=O)NC(=O)Nc2c3c(cc4c2CCC4)CCC3)o1. The third-order valence-corrected chi connectivity index (χ3v) is 6.52. The van der Waals surface area contributed by atoms with Gasteiger partial charge in [0.25, 0.3) is 10.0 Å². The topological polar surface area (TPSA) is 91.7 Å². The summed E-state index contributed by atoms with van der Waals surface area (Å²) in [5.74, 6) is 0.518. The van der Waals surface area contributed by atoms with Crippen molar-refractivity contribution in [1.82, 2.24) is 9.62 Å². The largest absolute Gasteiger partial charge is 0.446 e. The number of urea groups is 1. The molecule has 0 bridgehead atoms. The highest BCUT2D eigenvalue weighted by Gasteiger charge is 2.27. The number of carbonyl (C=O) groups excluding carboxylic acids is 1. The number of hydrogen-bond acceptors (Lipinski definition) is 5. The Morgan fingerprint density at radius 2 is 1.71 bits per heavy atom. The standard InChI is InChI=1S/C20H25N3O4S/c1-23(2)12-15-9-10-18(27-15)28(25,26)22-20(24)21-19-16-7-3-5-13(16)11-14-6-4-8-17(14)19/h9-11H,3-8,12H2,1-2H3,(H2,21,22,24). The van der Waals surface area contributed by atoms with Crippen LogP contribution in [0.2, 0.25) is 0 Å². The summed E-state index contributed by atoms with van der Waals surface area (Å²) < 4.78 is 32.5. The van der Waals surface area contributed by atoms with Crippen molar-refractivity contribution in [2.75, 3.05) is 19.4 Å². The molecule has 4 rings (SSSR count). The summed E-state index contributed by atoms with van der Waals surface area (Å²) in [6.07, 6.45) is 5.98. The van der Waals surface area contributed by atoms with Crippen LogP contribution in [0.5, 0.6) is 0 Å². The molecule has 8 heteroatoms. The van der Waals surface area contributed by atoms with Gasteiger partial charge in [-0.15, -0.1) is 0 Å². The van der Waals surface area contributed by atoms with Crippen LogP contribution in [0.3, 0.4) is 0 Å². The van der Waals surface area contributed by atoms with Crippen molar-refractivity contribution >= 4 is 21.7 Å². The van der Waals surface area contributed by atoms with Crippen LogP contribution >= 0.6 is 0 Å². The molecule has 2 aliphatic rings. The number of aryl methyl sites for hydroxylation is 2. The molecule has 0 saturated carbocycles. The Bertz CT molecular complexity index is 992. The van der Waals surface area contributed by atoms with E-state index in [1.807, 2.05) is 19.0 Å². The minimum Gasteiger partial charge on any atom is -0.446 e. The maximum Gasteiger partial charge on any atom is 0.333 e. The molecule has 2 amide bonds. The maximum absolute atomic E-state index is 12.5. The average Bonchev–Trinajstić information content (AvgIpc) is 3.32. The zero-order valence-corrected chi connectivity index (χ0v) is 17.0. The van der Waals surface area contributed by atoms with Crippen molar-refractivity contribution in [1.29, 1.82) is 0 Å². The Kier molecular flexibility index (Phi) is 4.93. The van der Waals surface area contributed by atoms with Crippen LogP contribution in [-0.4, -0.2) is 33.4 Å². The monoisotopic (exact) mass is 403 g/mol. The fourth-order valence-corrected chi connectivity index (χ4v) is 5.04. The summed E-state index contributed by atoms with van der Waals surface area (Å²) >= 11 is 0. The van der Waals surface area contributed by atoms with Crippen molar-refractivity contribution in [3.63, 3.8) is 0 Å². The van der Waals surface area contributed by atoms with E-state index in [-0.39, 0.29) is 5.09 Å². The minimum atomic E-state index is -4.07. The van der Waals surface area contributed by atoms with E-state index in [1.165, 1.54) is 17.2 Å². The third kappa shape index (κ3) is 3.66. The van der Waals surface area contributed by atoms with Crippen LogP contribution in [0, 0.1) is 0 Å². The second-order valence-electron chi connectivity index (χ2n) is 7.75. The van der Waals surface area contributed by atoms with E-state index < -0.39 is 16.1 Å². The van der Waals surface area contributed by atoms with Gasteiger partial charge in [0.2, 0.25) is 5.09 Å². The summed E-state index contributed by atoms with van der Waals surface area (Å²) in [6, 6.07) is 4.48. The number of carbonyl (C=O) groups is 1. The van der Waals surface area contributed by atoms with Gasteiger partial charge >= 0.3 is 6.03 Å². The number of hydrogen-bond donors (Lipinski definition) is 2. The number of fused-ring (bicyclic) bond motifs is 2. The molecule has 0 radical (unpaired) electrons. The fraction of sp³-hybridized carbons (Fsp3) is 0.450. The normalized spacial score (nSPS) is 15.5. The zero-order chi connectivity index (χ0) is 19.9. The number of rotatable bonds is 5. The zero-order valence-electron chi connectivity index (χ0n) is 16.2. The van der Waals surface area contributed by atoms with Crippen molar-refractivity contribution in [2.45, 2.75) is 50.2 Å². The van der Waals surface area contributed by atoms with Crippen LogP contribution in [0.4, 0.5) is 10.5 Å². The molecular weight excluding hydrogens is 378 g/mol. The number of benzene rings is 1. The molecule has 2 N–H and O–H groups in total. The van der Waals surface area contributed by atoms with Crippen LogP contribution in [-0.2, 0) is 42.3 Å². The first-order valence-corrected chi connectivity index (χ1v) is 11.1. The van der Waals surface area contributed by atoms with E-state index in [0.29, 0.717) is 12.3 Å². The molecule has 28 heavy (non-hydrogen) atoms. The number of amides is 2. The van der Waals surface area contributed by atoms with Crippen molar-refractivity contribution < 1.29 is 17.6 Å². The van der Waals surface area contributed by atoms with Crippen LogP contribution in [0.25, 0.3) is 0 Å². The van der Waals surface area contributed by atoms with E-state index in [4.69, 9.17) is 4.42 Å². The van der Waals surface area contributed by atoms with Gasteiger partial charge < -0.3 is 14.6 Å².